The number of ether oxygens (including phenoxy) is 1. The van der Waals surface area contributed by atoms with Crippen LogP contribution in [0.4, 0.5) is 0 Å². The summed E-state index contributed by atoms with van der Waals surface area (Å²) in [4.78, 5) is 0. The molecule has 22 heavy (non-hydrogen) atoms. The Hall–Kier alpha value is -2.59. The number of hydrogen-bond donors (Lipinski definition) is 2. The third-order valence-electron chi connectivity index (χ3n) is 3.54. The van der Waals surface area contributed by atoms with E-state index < -0.39 is 0 Å². The Bertz CT molecular complexity index is 705. The number of benzene rings is 2. The minimum absolute atomic E-state index is 0.824. The van der Waals surface area contributed by atoms with Gasteiger partial charge in [0.05, 0.1) is 12.8 Å². The maximum atomic E-state index is 5.16. The summed E-state index contributed by atoms with van der Waals surface area (Å²) in [5.41, 5.74) is 4.58. The standard InChI is InChI=1S/C18H19N3O/c1-22-17-7-5-14(6-8-17)12-19-13-15-3-2-4-16(11-15)18-9-10-20-21-18/h2-11,19H,12-13H2,1H3,(H,20,21). The molecule has 0 fully saturated rings. The first-order valence-corrected chi connectivity index (χ1v) is 7.28. The molecule has 1 heterocycles. The lowest BCUT2D eigenvalue weighted by Crippen LogP contribution is -2.12. The Labute approximate surface area is 130 Å². The number of nitrogens with zero attached hydrogens (tertiary/aromatic N) is 1. The van der Waals surface area contributed by atoms with Crippen LogP contribution >= 0.6 is 0 Å². The fraction of sp³-hybridized carbons (Fsp3) is 0.167. The molecule has 0 unspecified atom stereocenters. The van der Waals surface area contributed by atoms with Gasteiger partial charge in [0, 0.05) is 24.8 Å². The van der Waals surface area contributed by atoms with Gasteiger partial charge in [0.1, 0.15) is 5.75 Å². The van der Waals surface area contributed by atoms with E-state index in [1.165, 1.54) is 11.1 Å². The van der Waals surface area contributed by atoms with Crippen molar-refractivity contribution >= 4 is 0 Å². The average molecular weight is 293 g/mol. The van der Waals surface area contributed by atoms with E-state index >= 15 is 0 Å². The minimum atomic E-state index is 0.824. The van der Waals surface area contributed by atoms with Crippen molar-refractivity contribution in [2.75, 3.05) is 7.11 Å². The Balaban J connectivity index is 1.58. The number of H-pyrrole nitrogens is 1. The van der Waals surface area contributed by atoms with Crippen molar-refractivity contribution < 1.29 is 4.74 Å². The van der Waals surface area contributed by atoms with Crippen LogP contribution in [-0.4, -0.2) is 17.3 Å². The SMILES string of the molecule is COc1ccc(CNCc2cccc(-c3cc[nH]n3)c2)cc1. The molecule has 2 aromatic carbocycles. The van der Waals surface area contributed by atoms with E-state index in [0.717, 1.165) is 30.1 Å². The summed E-state index contributed by atoms with van der Waals surface area (Å²) in [6.07, 6.45) is 1.84. The lowest BCUT2D eigenvalue weighted by molar-refractivity contribution is 0.414. The molecule has 0 aliphatic heterocycles. The zero-order valence-corrected chi connectivity index (χ0v) is 12.5. The van der Waals surface area contributed by atoms with E-state index in [1.54, 1.807) is 7.11 Å². The fourth-order valence-electron chi connectivity index (χ4n) is 2.36. The zero-order valence-electron chi connectivity index (χ0n) is 12.5. The Morgan fingerprint density at radius 3 is 2.55 bits per heavy atom. The number of nitrogens with one attached hydrogen (secondary N) is 2. The number of aromatic amines is 1. The summed E-state index contributed by atoms with van der Waals surface area (Å²) < 4.78 is 5.16. The van der Waals surface area contributed by atoms with Crippen LogP contribution < -0.4 is 10.1 Å². The van der Waals surface area contributed by atoms with Crippen molar-refractivity contribution in [2.45, 2.75) is 13.1 Å². The van der Waals surface area contributed by atoms with Gasteiger partial charge in [0.2, 0.25) is 0 Å². The zero-order chi connectivity index (χ0) is 15.2. The first-order valence-electron chi connectivity index (χ1n) is 7.28. The molecule has 0 atom stereocenters. The fourth-order valence-corrected chi connectivity index (χ4v) is 2.36. The normalized spacial score (nSPS) is 10.6. The average Bonchev–Trinajstić information content (AvgIpc) is 3.10. The van der Waals surface area contributed by atoms with Gasteiger partial charge in [0.15, 0.2) is 0 Å². The van der Waals surface area contributed by atoms with E-state index in [-0.39, 0.29) is 0 Å². The first kappa shape index (κ1) is 14.4. The molecule has 0 aliphatic rings. The number of rotatable bonds is 6. The van der Waals surface area contributed by atoms with Gasteiger partial charge in [-0.25, -0.2) is 0 Å². The Morgan fingerprint density at radius 1 is 1.00 bits per heavy atom. The molecule has 0 amide bonds. The van der Waals surface area contributed by atoms with E-state index in [2.05, 4.69) is 51.9 Å². The molecule has 0 spiro atoms. The molecule has 2 N–H and O–H groups in total. The van der Waals surface area contributed by atoms with Crippen molar-refractivity contribution in [2.24, 2.45) is 0 Å². The highest BCUT2D eigenvalue weighted by Crippen LogP contribution is 2.17. The molecule has 112 valence electrons. The quantitative estimate of drug-likeness (QED) is 0.732. The van der Waals surface area contributed by atoms with Crippen LogP contribution in [-0.2, 0) is 13.1 Å². The molecule has 3 aromatic rings. The number of aromatic nitrogens is 2. The maximum absolute atomic E-state index is 5.16. The van der Waals surface area contributed by atoms with Crippen LogP contribution in [0.1, 0.15) is 11.1 Å². The van der Waals surface area contributed by atoms with Gasteiger partial charge in [-0.3, -0.25) is 5.10 Å². The molecule has 0 saturated heterocycles. The molecule has 0 radical (unpaired) electrons. The third kappa shape index (κ3) is 3.54. The second-order valence-corrected chi connectivity index (χ2v) is 5.11. The van der Waals surface area contributed by atoms with Crippen molar-refractivity contribution in [1.29, 1.82) is 0 Å². The molecule has 4 nitrogen and oxygen atoms in total. The van der Waals surface area contributed by atoms with Crippen LogP contribution in [0.25, 0.3) is 11.3 Å². The van der Waals surface area contributed by atoms with Gasteiger partial charge in [-0.05, 0) is 35.4 Å². The lowest BCUT2D eigenvalue weighted by atomic mass is 10.1. The molecule has 3 rings (SSSR count). The van der Waals surface area contributed by atoms with Crippen molar-refractivity contribution in [3.05, 3.63) is 71.9 Å². The molecular weight excluding hydrogens is 274 g/mol. The maximum Gasteiger partial charge on any atom is 0.118 e. The van der Waals surface area contributed by atoms with Crippen LogP contribution in [0.15, 0.2) is 60.8 Å². The monoisotopic (exact) mass is 293 g/mol. The van der Waals surface area contributed by atoms with Crippen LogP contribution in [0.2, 0.25) is 0 Å². The Kier molecular flexibility index (Phi) is 4.51. The number of hydrogen-bond acceptors (Lipinski definition) is 3. The van der Waals surface area contributed by atoms with E-state index in [9.17, 15) is 0 Å². The molecule has 0 aliphatic carbocycles. The smallest absolute Gasteiger partial charge is 0.118 e. The Morgan fingerprint density at radius 2 is 1.82 bits per heavy atom. The van der Waals surface area contributed by atoms with E-state index in [1.807, 2.05) is 24.4 Å². The predicted octanol–water partition coefficient (Wildman–Crippen LogP) is 3.38. The van der Waals surface area contributed by atoms with Gasteiger partial charge >= 0.3 is 0 Å². The summed E-state index contributed by atoms with van der Waals surface area (Å²) in [6.45, 7) is 1.65. The largest absolute Gasteiger partial charge is 0.497 e. The van der Waals surface area contributed by atoms with Crippen molar-refractivity contribution in [3.63, 3.8) is 0 Å². The van der Waals surface area contributed by atoms with Crippen LogP contribution in [0.3, 0.4) is 0 Å². The highest BCUT2D eigenvalue weighted by molar-refractivity contribution is 5.59. The predicted molar refractivity (Wildman–Crippen MR) is 87.6 cm³/mol. The topological polar surface area (TPSA) is 49.9 Å². The molecule has 4 heteroatoms. The van der Waals surface area contributed by atoms with Gasteiger partial charge in [0.25, 0.3) is 0 Å². The lowest BCUT2D eigenvalue weighted by Gasteiger charge is -2.07. The molecule has 1 aromatic heterocycles. The van der Waals surface area contributed by atoms with Crippen molar-refractivity contribution in [1.82, 2.24) is 15.5 Å². The second-order valence-electron chi connectivity index (χ2n) is 5.11. The van der Waals surface area contributed by atoms with Gasteiger partial charge < -0.3 is 10.1 Å². The van der Waals surface area contributed by atoms with Crippen LogP contribution in [0.5, 0.6) is 5.75 Å². The third-order valence-corrected chi connectivity index (χ3v) is 3.54. The summed E-state index contributed by atoms with van der Waals surface area (Å²) in [5.74, 6) is 0.885. The molecular formula is C18H19N3O. The number of methoxy groups -OCH3 is 1. The van der Waals surface area contributed by atoms with E-state index in [0.29, 0.717) is 0 Å². The molecule has 0 bridgehead atoms. The summed E-state index contributed by atoms with van der Waals surface area (Å²) in [7, 11) is 1.68. The van der Waals surface area contributed by atoms with Gasteiger partial charge in [-0.1, -0.05) is 30.3 Å². The summed E-state index contributed by atoms with van der Waals surface area (Å²) in [6, 6.07) is 18.5. The minimum Gasteiger partial charge on any atom is -0.497 e. The second kappa shape index (κ2) is 6.91. The van der Waals surface area contributed by atoms with Crippen molar-refractivity contribution in [3.8, 4) is 17.0 Å². The summed E-state index contributed by atoms with van der Waals surface area (Å²) in [5, 5.41) is 10.5. The highest BCUT2D eigenvalue weighted by Gasteiger charge is 2.01. The van der Waals surface area contributed by atoms with Crippen LogP contribution in [0, 0.1) is 0 Å². The highest BCUT2D eigenvalue weighted by atomic mass is 16.5. The summed E-state index contributed by atoms with van der Waals surface area (Å²) >= 11 is 0. The first-order chi connectivity index (χ1) is 10.8. The van der Waals surface area contributed by atoms with Gasteiger partial charge in [-0.2, -0.15) is 5.10 Å². The van der Waals surface area contributed by atoms with Gasteiger partial charge in [-0.15, -0.1) is 0 Å². The molecule has 0 saturated carbocycles. The van der Waals surface area contributed by atoms with E-state index in [4.69, 9.17) is 4.74 Å².